The highest BCUT2D eigenvalue weighted by Gasteiger charge is 2.07. The summed E-state index contributed by atoms with van der Waals surface area (Å²) in [5, 5.41) is 12.4. The predicted octanol–water partition coefficient (Wildman–Crippen LogP) is 4.20. The van der Waals surface area contributed by atoms with Gasteiger partial charge in [-0.25, -0.2) is 0 Å². The second-order valence-electron chi connectivity index (χ2n) is 4.33. The number of fused-ring (bicyclic) bond motifs is 1. The van der Waals surface area contributed by atoms with Crippen molar-refractivity contribution < 1.29 is 5.11 Å². The van der Waals surface area contributed by atoms with Crippen LogP contribution >= 0.6 is 0 Å². The summed E-state index contributed by atoms with van der Waals surface area (Å²) < 4.78 is 0. The van der Waals surface area contributed by atoms with Gasteiger partial charge in [0.2, 0.25) is 0 Å². The third-order valence-corrected chi connectivity index (χ3v) is 3.17. The fourth-order valence-corrected chi connectivity index (χ4v) is 2.15. The molecule has 2 aromatic carbocycles. The summed E-state index contributed by atoms with van der Waals surface area (Å²) in [4.78, 5) is 0. The van der Waals surface area contributed by atoms with E-state index in [0.29, 0.717) is 5.75 Å². The monoisotopic (exact) mass is 214 g/mol. The lowest BCUT2D eigenvalue weighted by molar-refractivity contribution is 0.471. The summed E-state index contributed by atoms with van der Waals surface area (Å²) in [6.07, 6.45) is 3.40. The number of hydrogen-bond acceptors (Lipinski definition) is 1. The van der Waals surface area contributed by atoms with Gasteiger partial charge in [0.15, 0.2) is 0 Å². The Morgan fingerprint density at radius 1 is 1.12 bits per heavy atom. The lowest BCUT2D eigenvalue weighted by Gasteiger charge is -2.10. The van der Waals surface area contributed by atoms with Crippen molar-refractivity contribution >= 4 is 10.8 Å². The van der Waals surface area contributed by atoms with Crippen molar-refractivity contribution in [1.82, 2.24) is 0 Å². The molecule has 1 heteroatoms. The molecule has 0 aliphatic carbocycles. The van der Waals surface area contributed by atoms with E-state index in [9.17, 15) is 5.11 Å². The molecule has 0 radical (unpaired) electrons. The van der Waals surface area contributed by atoms with Gasteiger partial charge < -0.3 is 5.11 Å². The molecule has 0 heterocycles. The van der Waals surface area contributed by atoms with Gasteiger partial charge in [-0.05, 0) is 47.7 Å². The van der Waals surface area contributed by atoms with Gasteiger partial charge in [0.05, 0.1) is 0 Å². The number of aromatic hydroxyl groups is 1. The maximum Gasteiger partial charge on any atom is 0.119 e. The Kier molecular flexibility index (Phi) is 3.14. The molecule has 0 fully saturated rings. The number of phenolic OH excluding ortho intramolecular Hbond substituents is 1. The first-order valence-corrected chi connectivity index (χ1v) is 5.94. The van der Waals surface area contributed by atoms with Crippen LogP contribution < -0.4 is 0 Å². The van der Waals surface area contributed by atoms with Crippen LogP contribution in [0.3, 0.4) is 0 Å². The van der Waals surface area contributed by atoms with Crippen LogP contribution in [0.2, 0.25) is 0 Å². The molecule has 0 atom stereocenters. The third-order valence-electron chi connectivity index (χ3n) is 3.17. The van der Waals surface area contributed by atoms with Crippen LogP contribution in [0, 0.1) is 6.92 Å². The van der Waals surface area contributed by atoms with Crippen LogP contribution in [0.5, 0.6) is 5.75 Å². The van der Waals surface area contributed by atoms with E-state index in [1.54, 1.807) is 0 Å². The maximum atomic E-state index is 9.90. The smallest absolute Gasteiger partial charge is 0.119 e. The fraction of sp³-hybridized carbons (Fsp3) is 0.333. The summed E-state index contributed by atoms with van der Waals surface area (Å²) in [6.45, 7) is 4.16. The van der Waals surface area contributed by atoms with Crippen LogP contribution in [0.4, 0.5) is 0 Å². The van der Waals surface area contributed by atoms with E-state index in [-0.39, 0.29) is 0 Å². The van der Waals surface area contributed by atoms with E-state index >= 15 is 0 Å². The Bertz CT molecular complexity index is 500. The molecule has 1 nitrogen and oxygen atoms in total. The van der Waals surface area contributed by atoms with Gasteiger partial charge in [0.25, 0.3) is 0 Å². The molecular formula is C15H18O. The van der Waals surface area contributed by atoms with Gasteiger partial charge in [0, 0.05) is 0 Å². The minimum absolute atomic E-state index is 0.421. The van der Waals surface area contributed by atoms with Gasteiger partial charge in [-0.2, -0.15) is 0 Å². The summed E-state index contributed by atoms with van der Waals surface area (Å²) in [7, 11) is 0. The standard InChI is InChI=1S/C15H18O/c1-3-4-7-12-10-15(16)11(2)13-8-5-6-9-14(12)13/h5-6,8-10,16H,3-4,7H2,1-2H3. The van der Waals surface area contributed by atoms with Crippen molar-refractivity contribution in [2.24, 2.45) is 0 Å². The van der Waals surface area contributed by atoms with Crippen molar-refractivity contribution in [3.63, 3.8) is 0 Å². The van der Waals surface area contributed by atoms with Crippen molar-refractivity contribution in [1.29, 1.82) is 0 Å². The normalized spacial score (nSPS) is 10.9. The second-order valence-corrected chi connectivity index (χ2v) is 4.33. The second kappa shape index (κ2) is 4.56. The highest BCUT2D eigenvalue weighted by atomic mass is 16.3. The first-order chi connectivity index (χ1) is 7.74. The average molecular weight is 214 g/mol. The van der Waals surface area contributed by atoms with Gasteiger partial charge >= 0.3 is 0 Å². The zero-order chi connectivity index (χ0) is 11.5. The summed E-state index contributed by atoms with van der Waals surface area (Å²) in [5.74, 6) is 0.421. The zero-order valence-electron chi connectivity index (χ0n) is 9.96. The number of aryl methyl sites for hydroxylation is 2. The average Bonchev–Trinajstić information content (AvgIpc) is 2.32. The molecule has 0 aliphatic rings. The van der Waals surface area contributed by atoms with E-state index in [0.717, 1.165) is 12.0 Å². The summed E-state index contributed by atoms with van der Waals surface area (Å²) in [6, 6.07) is 10.2. The molecule has 0 aliphatic heterocycles. The maximum absolute atomic E-state index is 9.90. The van der Waals surface area contributed by atoms with Crippen molar-refractivity contribution in [2.75, 3.05) is 0 Å². The molecule has 16 heavy (non-hydrogen) atoms. The van der Waals surface area contributed by atoms with Gasteiger partial charge in [-0.1, -0.05) is 37.6 Å². The number of phenols is 1. The molecule has 2 aromatic rings. The Balaban J connectivity index is 2.60. The topological polar surface area (TPSA) is 20.2 Å². The lowest BCUT2D eigenvalue weighted by Crippen LogP contribution is -1.90. The van der Waals surface area contributed by atoms with Crippen LogP contribution in [-0.4, -0.2) is 5.11 Å². The van der Waals surface area contributed by atoms with Crippen molar-refractivity contribution in [3.05, 3.63) is 41.5 Å². The van der Waals surface area contributed by atoms with Gasteiger partial charge in [-0.3, -0.25) is 0 Å². The van der Waals surface area contributed by atoms with E-state index < -0.39 is 0 Å². The Labute approximate surface area is 96.7 Å². The highest BCUT2D eigenvalue weighted by Crippen LogP contribution is 2.30. The Hall–Kier alpha value is -1.50. The van der Waals surface area contributed by atoms with E-state index in [4.69, 9.17) is 0 Å². The predicted molar refractivity (Wildman–Crippen MR) is 69.0 cm³/mol. The highest BCUT2D eigenvalue weighted by molar-refractivity contribution is 5.90. The number of rotatable bonds is 3. The van der Waals surface area contributed by atoms with Crippen molar-refractivity contribution in [2.45, 2.75) is 33.1 Å². The quantitative estimate of drug-likeness (QED) is 0.812. The fourth-order valence-electron chi connectivity index (χ4n) is 2.15. The third kappa shape index (κ3) is 1.90. The molecule has 0 saturated carbocycles. The minimum atomic E-state index is 0.421. The van der Waals surface area contributed by atoms with Crippen LogP contribution in [0.1, 0.15) is 30.9 Å². The SMILES string of the molecule is CCCCc1cc(O)c(C)c2ccccc12. The summed E-state index contributed by atoms with van der Waals surface area (Å²) in [5.41, 5.74) is 2.25. The number of benzene rings is 2. The molecule has 84 valence electrons. The van der Waals surface area contributed by atoms with E-state index in [2.05, 4.69) is 25.1 Å². The molecule has 1 N–H and O–H groups in total. The van der Waals surface area contributed by atoms with Crippen LogP contribution in [0.25, 0.3) is 10.8 Å². The molecule has 0 saturated heterocycles. The lowest BCUT2D eigenvalue weighted by atomic mass is 9.96. The van der Waals surface area contributed by atoms with Crippen LogP contribution in [0.15, 0.2) is 30.3 Å². The zero-order valence-corrected chi connectivity index (χ0v) is 9.96. The molecule has 2 rings (SSSR count). The van der Waals surface area contributed by atoms with E-state index in [1.165, 1.54) is 29.2 Å². The Morgan fingerprint density at radius 3 is 2.50 bits per heavy atom. The first-order valence-electron chi connectivity index (χ1n) is 5.94. The molecular weight excluding hydrogens is 196 g/mol. The number of unbranched alkanes of at least 4 members (excludes halogenated alkanes) is 1. The summed E-state index contributed by atoms with van der Waals surface area (Å²) >= 11 is 0. The van der Waals surface area contributed by atoms with Crippen LogP contribution in [-0.2, 0) is 6.42 Å². The van der Waals surface area contributed by atoms with Gasteiger partial charge in [0.1, 0.15) is 5.75 Å². The first kappa shape index (κ1) is 11.0. The van der Waals surface area contributed by atoms with Gasteiger partial charge in [-0.15, -0.1) is 0 Å². The molecule has 0 amide bonds. The Morgan fingerprint density at radius 2 is 1.81 bits per heavy atom. The molecule has 0 unspecified atom stereocenters. The number of hydrogen-bond donors (Lipinski definition) is 1. The molecule has 0 aromatic heterocycles. The molecule has 0 spiro atoms. The largest absolute Gasteiger partial charge is 0.508 e. The van der Waals surface area contributed by atoms with E-state index in [1.807, 2.05) is 19.1 Å². The van der Waals surface area contributed by atoms with Crippen molar-refractivity contribution in [3.8, 4) is 5.75 Å². The molecule has 0 bridgehead atoms. The minimum Gasteiger partial charge on any atom is -0.508 e.